The van der Waals surface area contributed by atoms with Gasteiger partial charge in [-0.2, -0.15) is 0 Å². The van der Waals surface area contributed by atoms with E-state index in [0.29, 0.717) is 16.0 Å². The lowest BCUT2D eigenvalue weighted by Crippen LogP contribution is -2.28. The summed E-state index contributed by atoms with van der Waals surface area (Å²) in [5, 5.41) is 9.88. The predicted molar refractivity (Wildman–Crippen MR) is 77.7 cm³/mol. The molecule has 0 saturated carbocycles. The number of nitrogens with one attached hydrogen (secondary N) is 1. The van der Waals surface area contributed by atoms with Crippen LogP contribution in [0.25, 0.3) is 0 Å². The van der Waals surface area contributed by atoms with E-state index in [2.05, 4.69) is 20.7 Å². The number of aliphatic hydroxyl groups excluding tert-OH is 1. The van der Waals surface area contributed by atoms with Gasteiger partial charge in [0.25, 0.3) is 0 Å². The SMILES string of the molecule is Cc1ccc(C(O)CNS(=O)(=O)c2ccccc2Br)o1. The Morgan fingerprint density at radius 2 is 2.00 bits per heavy atom. The summed E-state index contributed by atoms with van der Waals surface area (Å²) in [6.07, 6.45) is -1.03. The van der Waals surface area contributed by atoms with Crippen LogP contribution in [0.4, 0.5) is 0 Å². The highest BCUT2D eigenvalue weighted by atomic mass is 79.9. The zero-order chi connectivity index (χ0) is 14.8. The predicted octanol–water partition coefficient (Wildman–Crippen LogP) is 2.36. The van der Waals surface area contributed by atoms with E-state index < -0.39 is 16.1 Å². The number of aryl methyl sites for hydroxylation is 1. The van der Waals surface area contributed by atoms with Crippen LogP contribution in [0.3, 0.4) is 0 Å². The Morgan fingerprint density at radius 3 is 2.60 bits per heavy atom. The molecule has 1 atom stereocenters. The molecular formula is C13H14BrNO4S. The molecule has 0 bridgehead atoms. The number of hydrogen-bond donors (Lipinski definition) is 2. The summed E-state index contributed by atoms with van der Waals surface area (Å²) >= 11 is 3.19. The van der Waals surface area contributed by atoms with Crippen LogP contribution in [0.2, 0.25) is 0 Å². The second-order valence-corrected chi connectivity index (χ2v) is 6.84. The Kier molecular flexibility index (Phi) is 4.64. The van der Waals surface area contributed by atoms with Crippen molar-refractivity contribution in [3.63, 3.8) is 0 Å². The summed E-state index contributed by atoms with van der Waals surface area (Å²) in [5.41, 5.74) is 0. The summed E-state index contributed by atoms with van der Waals surface area (Å²) in [4.78, 5) is 0.128. The van der Waals surface area contributed by atoms with Gasteiger partial charge in [0.2, 0.25) is 10.0 Å². The van der Waals surface area contributed by atoms with Gasteiger partial charge in [0.05, 0.1) is 4.90 Å². The molecule has 0 saturated heterocycles. The summed E-state index contributed by atoms with van der Waals surface area (Å²) in [6.45, 7) is 1.60. The van der Waals surface area contributed by atoms with Gasteiger partial charge in [-0.1, -0.05) is 12.1 Å². The van der Waals surface area contributed by atoms with Crippen molar-refractivity contribution >= 4 is 26.0 Å². The molecular weight excluding hydrogens is 346 g/mol. The van der Waals surface area contributed by atoms with E-state index in [-0.39, 0.29) is 11.4 Å². The van der Waals surface area contributed by atoms with E-state index in [1.165, 1.54) is 6.07 Å². The molecule has 2 rings (SSSR count). The van der Waals surface area contributed by atoms with E-state index >= 15 is 0 Å². The minimum Gasteiger partial charge on any atom is -0.464 e. The Balaban J connectivity index is 2.08. The molecule has 2 aromatic rings. The maximum Gasteiger partial charge on any atom is 0.241 e. The zero-order valence-corrected chi connectivity index (χ0v) is 13.1. The van der Waals surface area contributed by atoms with Gasteiger partial charge in [0.1, 0.15) is 17.6 Å². The van der Waals surface area contributed by atoms with E-state index in [1.54, 1.807) is 37.3 Å². The molecule has 1 unspecified atom stereocenters. The molecule has 0 spiro atoms. The molecule has 108 valence electrons. The van der Waals surface area contributed by atoms with Crippen molar-refractivity contribution in [2.45, 2.75) is 17.9 Å². The highest BCUT2D eigenvalue weighted by molar-refractivity contribution is 9.10. The van der Waals surface area contributed by atoms with E-state index in [4.69, 9.17) is 4.42 Å². The monoisotopic (exact) mass is 359 g/mol. The molecule has 5 nitrogen and oxygen atoms in total. The first kappa shape index (κ1) is 15.2. The van der Waals surface area contributed by atoms with Gasteiger partial charge in [-0.05, 0) is 47.1 Å². The first-order valence-corrected chi connectivity index (χ1v) is 8.16. The van der Waals surface area contributed by atoms with Crippen LogP contribution in [-0.4, -0.2) is 20.1 Å². The fourth-order valence-electron chi connectivity index (χ4n) is 1.66. The van der Waals surface area contributed by atoms with Crippen LogP contribution in [0.15, 0.2) is 50.2 Å². The lowest BCUT2D eigenvalue weighted by atomic mass is 10.3. The van der Waals surface area contributed by atoms with Crippen molar-refractivity contribution in [3.8, 4) is 0 Å². The van der Waals surface area contributed by atoms with Crippen LogP contribution in [0.5, 0.6) is 0 Å². The number of rotatable bonds is 5. The molecule has 0 aliphatic heterocycles. The Morgan fingerprint density at radius 1 is 1.30 bits per heavy atom. The number of hydrogen-bond acceptors (Lipinski definition) is 4. The third-order valence-corrected chi connectivity index (χ3v) is 5.12. The van der Waals surface area contributed by atoms with Gasteiger partial charge in [-0.3, -0.25) is 0 Å². The second-order valence-electron chi connectivity index (χ2n) is 4.25. The van der Waals surface area contributed by atoms with Crippen molar-refractivity contribution < 1.29 is 17.9 Å². The van der Waals surface area contributed by atoms with Gasteiger partial charge < -0.3 is 9.52 Å². The fraction of sp³-hybridized carbons (Fsp3) is 0.231. The topological polar surface area (TPSA) is 79.5 Å². The van der Waals surface area contributed by atoms with Gasteiger partial charge >= 0.3 is 0 Å². The molecule has 7 heteroatoms. The van der Waals surface area contributed by atoms with Crippen LogP contribution >= 0.6 is 15.9 Å². The highest BCUT2D eigenvalue weighted by Crippen LogP contribution is 2.21. The molecule has 0 aliphatic carbocycles. The Hall–Kier alpha value is -1.15. The minimum atomic E-state index is -3.69. The van der Waals surface area contributed by atoms with Gasteiger partial charge in [-0.15, -0.1) is 0 Å². The highest BCUT2D eigenvalue weighted by Gasteiger charge is 2.20. The van der Waals surface area contributed by atoms with Crippen molar-refractivity contribution in [1.29, 1.82) is 0 Å². The Bertz CT molecular complexity index is 696. The maximum absolute atomic E-state index is 12.1. The third kappa shape index (κ3) is 3.49. The van der Waals surface area contributed by atoms with Crippen LogP contribution < -0.4 is 4.72 Å². The second kappa shape index (κ2) is 6.09. The molecule has 1 heterocycles. The normalized spacial score (nSPS) is 13.3. The number of furan rings is 1. The lowest BCUT2D eigenvalue weighted by molar-refractivity contribution is 0.152. The average molecular weight is 360 g/mol. The Labute approximate surface area is 125 Å². The summed E-state index contributed by atoms with van der Waals surface area (Å²) < 4.78 is 32.3. The molecule has 0 aliphatic rings. The largest absolute Gasteiger partial charge is 0.464 e. The number of benzene rings is 1. The summed E-state index contributed by atoms with van der Waals surface area (Å²) in [5.74, 6) is 0.991. The maximum atomic E-state index is 12.1. The first-order chi connectivity index (χ1) is 9.40. The van der Waals surface area contributed by atoms with Crippen molar-refractivity contribution in [1.82, 2.24) is 4.72 Å². The molecule has 0 amide bonds. The van der Waals surface area contributed by atoms with Gasteiger partial charge in [-0.25, -0.2) is 13.1 Å². The van der Waals surface area contributed by atoms with Crippen LogP contribution in [-0.2, 0) is 10.0 Å². The van der Waals surface area contributed by atoms with Crippen molar-refractivity contribution in [2.24, 2.45) is 0 Å². The van der Waals surface area contributed by atoms with E-state index in [9.17, 15) is 13.5 Å². The van der Waals surface area contributed by atoms with Gasteiger partial charge in [0, 0.05) is 11.0 Å². The third-order valence-electron chi connectivity index (χ3n) is 2.68. The van der Waals surface area contributed by atoms with Crippen molar-refractivity contribution in [3.05, 3.63) is 52.4 Å². The van der Waals surface area contributed by atoms with E-state index in [0.717, 1.165) is 0 Å². The number of halogens is 1. The molecule has 0 fully saturated rings. The summed E-state index contributed by atoms with van der Waals surface area (Å²) in [7, 11) is -3.69. The number of sulfonamides is 1. The lowest BCUT2D eigenvalue weighted by Gasteiger charge is -2.11. The van der Waals surface area contributed by atoms with Crippen molar-refractivity contribution in [2.75, 3.05) is 6.54 Å². The van der Waals surface area contributed by atoms with Crippen LogP contribution in [0.1, 0.15) is 17.6 Å². The quantitative estimate of drug-likeness (QED) is 0.858. The smallest absolute Gasteiger partial charge is 0.241 e. The standard InChI is InChI=1S/C13H14BrNO4S/c1-9-6-7-12(19-9)11(16)8-15-20(17,18)13-5-3-2-4-10(13)14/h2-7,11,15-16H,8H2,1H3. The van der Waals surface area contributed by atoms with E-state index in [1.807, 2.05) is 0 Å². The minimum absolute atomic E-state index is 0.128. The average Bonchev–Trinajstić information content (AvgIpc) is 2.83. The molecule has 1 aromatic heterocycles. The molecule has 2 N–H and O–H groups in total. The number of aliphatic hydroxyl groups is 1. The van der Waals surface area contributed by atoms with Crippen LogP contribution in [0, 0.1) is 6.92 Å². The zero-order valence-electron chi connectivity index (χ0n) is 10.7. The molecule has 1 aromatic carbocycles. The molecule has 0 radical (unpaired) electrons. The fourth-order valence-corrected chi connectivity index (χ4v) is 3.70. The molecule has 20 heavy (non-hydrogen) atoms. The summed E-state index contributed by atoms with van der Waals surface area (Å²) in [6, 6.07) is 9.81. The first-order valence-electron chi connectivity index (χ1n) is 5.89. The van der Waals surface area contributed by atoms with Gasteiger partial charge in [0.15, 0.2) is 0 Å².